The van der Waals surface area contributed by atoms with Crippen LogP contribution in [0.2, 0.25) is 0 Å². The van der Waals surface area contributed by atoms with E-state index in [9.17, 15) is 14.4 Å². The first kappa shape index (κ1) is 29.0. The smallest absolute Gasteiger partial charge is 0.413 e. The minimum absolute atomic E-state index is 0.175. The zero-order valence-corrected chi connectivity index (χ0v) is 24.7. The zero-order chi connectivity index (χ0) is 29.2. The molecule has 3 fully saturated rings. The van der Waals surface area contributed by atoms with Gasteiger partial charge in [0.15, 0.2) is 0 Å². The van der Waals surface area contributed by atoms with E-state index in [0.717, 1.165) is 37.3 Å². The summed E-state index contributed by atoms with van der Waals surface area (Å²) in [5.74, 6) is -0.101. The largest absolute Gasteiger partial charge is 0.444 e. The second kappa shape index (κ2) is 11.8. The molecule has 3 aliphatic rings. The number of nitrogens with zero attached hydrogens (tertiary/aromatic N) is 3. The molecule has 41 heavy (non-hydrogen) atoms. The highest BCUT2D eigenvalue weighted by atomic mass is 16.6. The molecular formula is C32H43N5O4. The van der Waals surface area contributed by atoms with Crippen LogP contribution in [-0.4, -0.2) is 59.6 Å². The molecule has 2 unspecified atom stereocenters. The van der Waals surface area contributed by atoms with E-state index >= 15 is 0 Å². The second-order valence-corrected chi connectivity index (χ2v) is 12.9. The Labute approximate surface area is 243 Å². The number of pyridine rings is 1. The van der Waals surface area contributed by atoms with Gasteiger partial charge < -0.3 is 9.64 Å². The van der Waals surface area contributed by atoms with Crippen LogP contribution in [0.25, 0.3) is 0 Å². The summed E-state index contributed by atoms with van der Waals surface area (Å²) in [6, 6.07) is 12.5. The van der Waals surface area contributed by atoms with Crippen molar-refractivity contribution < 1.29 is 19.1 Å². The monoisotopic (exact) mass is 561 g/mol. The number of anilines is 2. The lowest BCUT2D eigenvalue weighted by Crippen LogP contribution is -2.47. The molecular weight excluding hydrogens is 518 g/mol. The van der Waals surface area contributed by atoms with E-state index in [0.29, 0.717) is 24.1 Å². The van der Waals surface area contributed by atoms with E-state index in [1.165, 1.54) is 31.4 Å². The Hall–Kier alpha value is -3.46. The first-order valence-electron chi connectivity index (χ1n) is 14.9. The maximum atomic E-state index is 12.2. The number of rotatable bonds is 5. The number of hydrogen-bond acceptors (Lipinski definition) is 7. The van der Waals surface area contributed by atoms with Gasteiger partial charge in [-0.25, -0.2) is 9.78 Å². The van der Waals surface area contributed by atoms with Gasteiger partial charge in [0.25, 0.3) is 0 Å². The van der Waals surface area contributed by atoms with Gasteiger partial charge >= 0.3 is 6.09 Å². The lowest BCUT2D eigenvalue weighted by molar-refractivity contribution is -0.134. The molecule has 0 bridgehead atoms. The summed E-state index contributed by atoms with van der Waals surface area (Å²) in [5.41, 5.74) is 3.19. The van der Waals surface area contributed by atoms with Crippen LogP contribution in [0.15, 0.2) is 42.6 Å². The van der Waals surface area contributed by atoms with Crippen molar-refractivity contribution in [2.24, 2.45) is 5.41 Å². The zero-order valence-electron chi connectivity index (χ0n) is 24.7. The highest BCUT2D eigenvalue weighted by molar-refractivity contribution is 6.00. The van der Waals surface area contributed by atoms with Crippen LogP contribution in [0.3, 0.4) is 0 Å². The standard InChI is InChI=1S/C32H43N5O4/c1-22(24-7-11-27(33-21-24)34-30(40)41-31(2,3)4)36-17-13-32(14-18-36)15-19-37(20-16-32)25-8-5-23(6-9-25)26-10-12-28(38)35-29(26)39/h5-9,11,21-22,26H,10,12-20H2,1-4H3,(H,33,34,40)(H,35,38,39). The quantitative estimate of drug-likeness (QED) is 0.472. The molecule has 2 N–H and O–H groups in total. The number of likely N-dealkylation sites (tertiary alicyclic amines) is 1. The average Bonchev–Trinajstić information content (AvgIpc) is 2.93. The normalized spacial score (nSPS) is 22.2. The number of carbonyl (C=O) groups excluding carboxylic acids is 3. The molecule has 220 valence electrons. The molecule has 2 aromatic rings. The third kappa shape index (κ3) is 7.07. The number of benzene rings is 1. The van der Waals surface area contributed by atoms with Gasteiger partial charge in [0.2, 0.25) is 11.8 Å². The van der Waals surface area contributed by atoms with Crippen molar-refractivity contribution >= 4 is 29.4 Å². The summed E-state index contributed by atoms with van der Waals surface area (Å²) in [4.78, 5) is 45.2. The molecule has 0 aliphatic carbocycles. The molecule has 9 nitrogen and oxygen atoms in total. The Morgan fingerprint density at radius 2 is 1.68 bits per heavy atom. The molecule has 4 heterocycles. The Balaban J connectivity index is 1.09. The van der Waals surface area contributed by atoms with Crippen molar-refractivity contribution in [2.75, 3.05) is 36.4 Å². The lowest BCUT2D eigenvalue weighted by atomic mass is 9.71. The van der Waals surface area contributed by atoms with Crippen LogP contribution >= 0.6 is 0 Å². The third-order valence-corrected chi connectivity index (χ3v) is 9.03. The van der Waals surface area contributed by atoms with Gasteiger partial charge in [0.1, 0.15) is 11.4 Å². The van der Waals surface area contributed by atoms with E-state index in [2.05, 4.69) is 56.6 Å². The average molecular weight is 562 g/mol. The molecule has 5 rings (SSSR count). The van der Waals surface area contributed by atoms with E-state index in [1.54, 1.807) is 0 Å². The first-order chi connectivity index (χ1) is 19.5. The highest BCUT2D eigenvalue weighted by Crippen LogP contribution is 2.43. The number of piperidine rings is 3. The Bertz CT molecular complexity index is 1240. The molecule has 3 aliphatic heterocycles. The third-order valence-electron chi connectivity index (χ3n) is 9.03. The van der Waals surface area contributed by atoms with Crippen molar-refractivity contribution in [1.82, 2.24) is 15.2 Å². The van der Waals surface area contributed by atoms with Crippen LogP contribution in [0.5, 0.6) is 0 Å². The minimum Gasteiger partial charge on any atom is -0.444 e. The molecule has 0 radical (unpaired) electrons. The van der Waals surface area contributed by atoms with Crippen LogP contribution in [0, 0.1) is 5.41 Å². The maximum absolute atomic E-state index is 12.2. The van der Waals surface area contributed by atoms with Gasteiger partial charge in [-0.3, -0.25) is 25.1 Å². The van der Waals surface area contributed by atoms with Crippen LogP contribution < -0.4 is 15.5 Å². The van der Waals surface area contributed by atoms with Crippen molar-refractivity contribution in [3.63, 3.8) is 0 Å². The van der Waals surface area contributed by atoms with E-state index in [4.69, 9.17) is 4.74 Å². The van der Waals surface area contributed by atoms with Crippen LogP contribution in [0.4, 0.5) is 16.3 Å². The van der Waals surface area contributed by atoms with Crippen LogP contribution in [0.1, 0.15) is 89.3 Å². The fourth-order valence-corrected chi connectivity index (χ4v) is 6.40. The molecule has 3 amide bonds. The topological polar surface area (TPSA) is 104 Å². The SMILES string of the molecule is CC(c1ccc(NC(=O)OC(C)(C)C)nc1)N1CCC2(CCN(c3ccc(C4CCC(=O)NC4=O)cc3)CC2)CC1. The highest BCUT2D eigenvalue weighted by Gasteiger charge is 2.38. The molecule has 1 aromatic carbocycles. The number of carbonyl (C=O) groups is 3. The summed E-state index contributed by atoms with van der Waals surface area (Å²) in [6.07, 6.45) is 7.12. The number of nitrogens with one attached hydrogen (secondary N) is 2. The molecule has 0 saturated carbocycles. The van der Waals surface area contributed by atoms with Crippen molar-refractivity contribution in [3.05, 3.63) is 53.7 Å². The predicted molar refractivity (Wildman–Crippen MR) is 159 cm³/mol. The van der Waals surface area contributed by atoms with Gasteiger partial charge in [-0.2, -0.15) is 0 Å². The maximum Gasteiger partial charge on any atom is 0.413 e. The van der Waals surface area contributed by atoms with E-state index < -0.39 is 11.7 Å². The predicted octanol–water partition coefficient (Wildman–Crippen LogP) is 5.39. The van der Waals surface area contributed by atoms with Gasteiger partial charge in [-0.15, -0.1) is 0 Å². The number of imide groups is 1. The van der Waals surface area contributed by atoms with Gasteiger partial charge in [-0.05, 0) is 108 Å². The Morgan fingerprint density at radius 1 is 1.02 bits per heavy atom. The fourth-order valence-electron chi connectivity index (χ4n) is 6.40. The lowest BCUT2D eigenvalue weighted by Gasteiger charge is -2.48. The summed E-state index contributed by atoms with van der Waals surface area (Å²) < 4.78 is 5.31. The van der Waals surface area contributed by atoms with E-state index in [1.807, 2.05) is 39.1 Å². The Morgan fingerprint density at radius 3 is 2.27 bits per heavy atom. The van der Waals surface area contributed by atoms with Crippen molar-refractivity contribution in [3.8, 4) is 0 Å². The van der Waals surface area contributed by atoms with Gasteiger partial charge in [-0.1, -0.05) is 18.2 Å². The van der Waals surface area contributed by atoms with Gasteiger partial charge in [0, 0.05) is 37.4 Å². The summed E-state index contributed by atoms with van der Waals surface area (Å²) in [5, 5.41) is 5.16. The van der Waals surface area contributed by atoms with E-state index in [-0.39, 0.29) is 23.8 Å². The summed E-state index contributed by atoms with van der Waals surface area (Å²) in [7, 11) is 0. The molecule has 1 spiro atoms. The van der Waals surface area contributed by atoms with Crippen molar-refractivity contribution in [1.29, 1.82) is 0 Å². The van der Waals surface area contributed by atoms with Crippen molar-refractivity contribution in [2.45, 2.75) is 83.8 Å². The molecule has 9 heteroatoms. The number of hydrogen-bond donors (Lipinski definition) is 2. The summed E-state index contributed by atoms with van der Waals surface area (Å²) in [6.45, 7) is 12.0. The fraction of sp³-hybridized carbons (Fsp3) is 0.562. The summed E-state index contributed by atoms with van der Waals surface area (Å²) >= 11 is 0. The number of aromatic nitrogens is 1. The first-order valence-corrected chi connectivity index (χ1v) is 14.9. The van der Waals surface area contributed by atoms with Gasteiger partial charge in [0.05, 0.1) is 5.92 Å². The Kier molecular flexibility index (Phi) is 8.36. The molecule has 2 atom stereocenters. The molecule has 3 saturated heterocycles. The number of amides is 3. The number of ether oxygens (including phenoxy) is 1. The van der Waals surface area contributed by atoms with Crippen LogP contribution in [-0.2, 0) is 14.3 Å². The molecule has 1 aromatic heterocycles. The minimum atomic E-state index is -0.550. The second-order valence-electron chi connectivity index (χ2n) is 12.9.